The van der Waals surface area contributed by atoms with Gasteiger partial charge in [0.1, 0.15) is 0 Å². The molecule has 2 N–H and O–H groups in total. The normalized spacial score (nSPS) is 51.8. The Morgan fingerprint density at radius 2 is 2.17 bits per heavy atom. The van der Waals surface area contributed by atoms with Gasteiger partial charge in [-0.15, -0.1) is 0 Å². The van der Waals surface area contributed by atoms with Crippen LogP contribution in [0.4, 0.5) is 0 Å². The first-order valence-corrected chi connectivity index (χ1v) is 5.44. The highest BCUT2D eigenvalue weighted by molar-refractivity contribution is 5.05. The molecule has 2 bridgehead atoms. The summed E-state index contributed by atoms with van der Waals surface area (Å²) in [5.41, 5.74) is 6.78. The summed E-state index contributed by atoms with van der Waals surface area (Å²) in [5, 5.41) is 0. The van der Waals surface area contributed by atoms with Crippen LogP contribution in [0.3, 0.4) is 0 Å². The lowest BCUT2D eigenvalue weighted by Gasteiger charge is -2.39. The number of hydrogen-bond acceptors (Lipinski definition) is 1. The second-order valence-corrected chi connectivity index (χ2v) is 5.05. The van der Waals surface area contributed by atoms with Gasteiger partial charge in [0.15, 0.2) is 0 Å². The van der Waals surface area contributed by atoms with Crippen LogP contribution in [0.1, 0.15) is 46.0 Å². The van der Waals surface area contributed by atoms with E-state index < -0.39 is 0 Å². The molecule has 4 atom stereocenters. The maximum absolute atomic E-state index is 6.28. The molecule has 0 saturated heterocycles. The molecule has 0 aliphatic heterocycles. The van der Waals surface area contributed by atoms with E-state index in [2.05, 4.69) is 13.8 Å². The van der Waals surface area contributed by atoms with E-state index in [1.54, 1.807) is 0 Å². The maximum Gasteiger partial charge on any atom is 0.0124 e. The highest BCUT2D eigenvalue weighted by Gasteiger charge is 2.52. The van der Waals surface area contributed by atoms with E-state index in [0.717, 1.165) is 11.8 Å². The fourth-order valence-corrected chi connectivity index (χ4v) is 3.66. The molecular weight excluding hydrogens is 146 g/mol. The molecule has 2 fully saturated rings. The lowest BCUT2D eigenvalue weighted by molar-refractivity contribution is 0.141. The lowest BCUT2D eigenvalue weighted by atomic mass is 9.69. The van der Waals surface area contributed by atoms with Gasteiger partial charge >= 0.3 is 0 Å². The second-order valence-electron chi connectivity index (χ2n) is 5.05. The molecule has 1 unspecified atom stereocenters. The van der Waals surface area contributed by atoms with E-state index in [9.17, 15) is 0 Å². The smallest absolute Gasteiger partial charge is 0.0124 e. The van der Waals surface area contributed by atoms with Crippen LogP contribution in [0.2, 0.25) is 0 Å². The molecule has 0 amide bonds. The summed E-state index contributed by atoms with van der Waals surface area (Å²) in [6, 6.07) is 0.510. The Hall–Kier alpha value is -0.0400. The molecule has 0 aromatic carbocycles. The van der Waals surface area contributed by atoms with Crippen molar-refractivity contribution < 1.29 is 0 Å². The minimum Gasteiger partial charge on any atom is -0.327 e. The van der Waals surface area contributed by atoms with Crippen LogP contribution in [0.15, 0.2) is 0 Å². The van der Waals surface area contributed by atoms with Crippen LogP contribution in [0.5, 0.6) is 0 Å². The van der Waals surface area contributed by atoms with Gasteiger partial charge in [0.2, 0.25) is 0 Å². The van der Waals surface area contributed by atoms with Crippen molar-refractivity contribution in [2.45, 2.75) is 52.0 Å². The van der Waals surface area contributed by atoms with Gasteiger partial charge in [-0.2, -0.15) is 0 Å². The Morgan fingerprint density at radius 1 is 1.42 bits per heavy atom. The highest BCUT2D eigenvalue weighted by atomic mass is 14.8. The third kappa shape index (κ3) is 0.953. The maximum atomic E-state index is 6.28. The van der Waals surface area contributed by atoms with Gasteiger partial charge in [-0.25, -0.2) is 0 Å². The summed E-state index contributed by atoms with van der Waals surface area (Å²) in [4.78, 5) is 0. The van der Waals surface area contributed by atoms with Crippen LogP contribution in [-0.4, -0.2) is 6.04 Å². The standard InChI is InChI=1S/C11H21N/c1-3-6-11(2)9-5-4-8(7-9)10(11)12/h8-10H,3-7,12H2,1-2H3/t8-,9+,10-,11?/m1/s1. The van der Waals surface area contributed by atoms with E-state index in [1.165, 1.54) is 32.1 Å². The van der Waals surface area contributed by atoms with Gasteiger partial charge < -0.3 is 5.73 Å². The Labute approximate surface area is 75.7 Å². The van der Waals surface area contributed by atoms with E-state index >= 15 is 0 Å². The van der Waals surface area contributed by atoms with Gasteiger partial charge in [0.25, 0.3) is 0 Å². The number of fused-ring (bicyclic) bond motifs is 2. The van der Waals surface area contributed by atoms with Crippen LogP contribution >= 0.6 is 0 Å². The van der Waals surface area contributed by atoms with E-state index in [1.807, 2.05) is 0 Å². The van der Waals surface area contributed by atoms with E-state index in [4.69, 9.17) is 5.73 Å². The molecule has 2 rings (SSSR count). The Balaban J connectivity index is 2.15. The van der Waals surface area contributed by atoms with Crippen molar-refractivity contribution in [1.29, 1.82) is 0 Å². The molecule has 2 aliphatic carbocycles. The average Bonchev–Trinajstić information content (AvgIpc) is 2.57. The largest absolute Gasteiger partial charge is 0.327 e. The zero-order valence-corrected chi connectivity index (χ0v) is 8.34. The molecule has 12 heavy (non-hydrogen) atoms. The predicted molar refractivity (Wildman–Crippen MR) is 51.8 cm³/mol. The number of rotatable bonds is 2. The molecule has 0 aromatic heterocycles. The first-order chi connectivity index (χ1) is 5.68. The van der Waals surface area contributed by atoms with Crippen molar-refractivity contribution in [2.75, 3.05) is 0 Å². The number of hydrogen-bond donors (Lipinski definition) is 1. The molecule has 2 aliphatic rings. The predicted octanol–water partition coefficient (Wildman–Crippen LogP) is 2.55. The molecule has 1 nitrogen and oxygen atoms in total. The Kier molecular flexibility index (Phi) is 1.95. The second kappa shape index (κ2) is 2.73. The van der Waals surface area contributed by atoms with Crippen LogP contribution < -0.4 is 5.73 Å². The molecule has 0 radical (unpaired) electrons. The summed E-state index contributed by atoms with van der Waals surface area (Å²) in [7, 11) is 0. The van der Waals surface area contributed by atoms with Crippen molar-refractivity contribution in [3.63, 3.8) is 0 Å². The third-order valence-electron chi connectivity index (χ3n) is 4.46. The van der Waals surface area contributed by atoms with E-state index in [-0.39, 0.29) is 0 Å². The topological polar surface area (TPSA) is 26.0 Å². The molecule has 0 aromatic rings. The molecule has 0 spiro atoms. The summed E-state index contributed by atoms with van der Waals surface area (Å²) in [6.45, 7) is 4.70. The minimum absolute atomic E-state index is 0.498. The van der Waals surface area contributed by atoms with Crippen LogP contribution in [-0.2, 0) is 0 Å². The molecule has 0 heterocycles. The Morgan fingerprint density at radius 3 is 2.67 bits per heavy atom. The van der Waals surface area contributed by atoms with E-state index in [0.29, 0.717) is 11.5 Å². The van der Waals surface area contributed by atoms with Gasteiger partial charge in [0, 0.05) is 6.04 Å². The molecule has 1 heteroatoms. The zero-order valence-electron chi connectivity index (χ0n) is 8.34. The summed E-state index contributed by atoms with van der Waals surface area (Å²) in [5.74, 6) is 1.82. The SMILES string of the molecule is CCCC1(C)[C@H]2CC[C@H](C2)[C@H]1N. The molecule has 70 valence electrons. The first-order valence-electron chi connectivity index (χ1n) is 5.44. The van der Waals surface area contributed by atoms with Crippen molar-refractivity contribution in [3.8, 4) is 0 Å². The van der Waals surface area contributed by atoms with Gasteiger partial charge in [-0.1, -0.05) is 20.3 Å². The van der Waals surface area contributed by atoms with Crippen molar-refractivity contribution >= 4 is 0 Å². The summed E-state index contributed by atoms with van der Waals surface area (Å²) < 4.78 is 0. The van der Waals surface area contributed by atoms with Gasteiger partial charge in [-0.3, -0.25) is 0 Å². The van der Waals surface area contributed by atoms with Crippen LogP contribution in [0, 0.1) is 17.3 Å². The van der Waals surface area contributed by atoms with Crippen molar-refractivity contribution in [1.82, 2.24) is 0 Å². The molecule has 2 saturated carbocycles. The van der Waals surface area contributed by atoms with Gasteiger partial charge in [-0.05, 0) is 42.9 Å². The monoisotopic (exact) mass is 167 g/mol. The molecular formula is C11H21N. The quantitative estimate of drug-likeness (QED) is 0.672. The van der Waals surface area contributed by atoms with Crippen molar-refractivity contribution in [3.05, 3.63) is 0 Å². The van der Waals surface area contributed by atoms with Crippen molar-refractivity contribution in [2.24, 2.45) is 23.0 Å². The third-order valence-corrected chi connectivity index (χ3v) is 4.46. The Bertz CT molecular complexity index is 174. The highest BCUT2D eigenvalue weighted by Crippen LogP contribution is 2.56. The average molecular weight is 167 g/mol. The summed E-state index contributed by atoms with van der Waals surface area (Å²) in [6.07, 6.45) is 6.93. The number of nitrogens with two attached hydrogens (primary N) is 1. The summed E-state index contributed by atoms with van der Waals surface area (Å²) >= 11 is 0. The first kappa shape index (κ1) is 8.55. The van der Waals surface area contributed by atoms with Gasteiger partial charge in [0.05, 0.1) is 0 Å². The minimum atomic E-state index is 0.498. The zero-order chi connectivity index (χ0) is 8.77. The van der Waals surface area contributed by atoms with Crippen LogP contribution in [0.25, 0.3) is 0 Å². The lowest BCUT2D eigenvalue weighted by Crippen LogP contribution is -2.44. The fraction of sp³-hybridized carbons (Fsp3) is 1.00. The fourth-order valence-electron chi connectivity index (χ4n) is 3.66.